The average Bonchev–Trinajstić information content (AvgIpc) is 2.73. The van der Waals surface area contributed by atoms with Gasteiger partial charge in [-0.15, -0.1) is 0 Å². The van der Waals surface area contributed by atoms with Crippen LogP contribution in [0.15, 0.2) is 30.5 Å². The SMILES string of the molecule is CCOC(=O)n1ccc2cc(OCC)ccc21. The van der Waals surface area contributed by atoms with Gasteiger partial charge in [0.05, 0.1) is 18.7 Å². The number of nitrogens with zero attached hydrogens (tertiary/aromatic N) is 1. The molecular formula is C13H15NO3. The third-order valence-corrected chi connectivity index (χ3v) is 2.44. The van der Waals surface area contributed by atoms with E-state index < -0.39 is 0 Å². The quantitative estimate of drug-likeness (QED) is 0.818. The molecule has 90 valence electrons. The van der Waals surface area contributed by atoms with Gasteiger partial charge in [-0.25, -0.2) is 4.79 Å². The largest absolute Gasteiger partial charge is 0.494 e. The highest BCUT2D eigenvalue weighted by Gasteiger charge is 2.09. The van der Waals surface area contributed by atoms with E-state index in [1.807, 2.05) is 31.2 Å². The maximum absolute atomic E-state index is 11.6. The first-order valence-electron chi connectivity index (χ1n) is 5.67. The van der Waals surface area contributed by atoms with Gasteiger partial charge in [-0.2, -0.15) is 0 Å². The number of aromatic nitrogens is 1. The van der Waals surface area contributed by atoms with E-state index in [0.29, 0.717) is 13.2 Å². The highest BCUT2D eigenvalue weighted by atomic mass is 16.5. The average molecular weight is 233 g/mol. The predicted octanol–water partition coefficient (Wildman–Crippen LogP) is 3.04. The molecule has 0 radical (unpaired) electrons. The standard InChI is InChI=1S/C13H15NO3/c1-3-16-11-5-6-12-10(9-11)7-8-14(12)13(15)17-4-2/h5-9H,3-4H2,1-2H3. The second kappa shape index (κ2) is 4.91. The summed E-state index contributed by atoms with van der Waals surface area (Å²) in [4.78, 5) is 11.6. The summed E-state index contributed by atoms with van der Waals surface area (Å²) in [6.07, 6.45) is 1.35. The predicted molar refractivity (Wildman–Crippen MR) is 65.5 cm³/mol. The Hall–Kier alpha value is -1.97. The van der Waals surface area contributed by atoms with Crippen molar-refractivity contribution in [2.75, 3.05) is 13.2 Å². The molecule has 0 saturated carbocycles. The molecule has 1 aromatic heterocycles. The highest BCUT2D eigenvalue weighted by Crippen LogP contribution is 2.22. The number of rotatable bonds is 3. The van der Waals surface area contributed by atoms with E-state index in [0.717, 1.165) is 16.7 Å². The minimum Gasteiger partial charge on any atom is -0.494 e. The topological polar surface area (TPSA) is 40.5 Å². The Bertz CT molecular complexity index is 530. The van der Waals surface area contributed by atoms with Crippen molar-refractivity contribution in [2.45, 2.75) is 13.8 Å². The summed E-state index contributed by atoms with van der Waals surface area (Å²) >= 11 is 0. The summed E-state index contributed by atoms with van der Waals surface area (Å²) in [5.41, 5.74) is 0.826. The van der Waals surface area contributed by atoms with Crippen LogP contribution in [-0.4, -0.2) is 23.9 Å². The Morgan fingerprint density at radius 2 is 2.06 bits per heavy atom. The van der Waals surface area contributed by atoms with E-state index in [1.54, 1.807) is 13.1 Å². The molecule has 4 heteroatoms. The Morgan fingerprint density at radius 1 is 1.24 bits per heavy atom. The molecule has 1 heterocycles. The lowest BCUT2D eigenvalue weighted by atomic mass is 10.2. The Balaban J connectivity index is 2.38. The number of hydrogen-bond acceptors (Lipinski definition) is 3. The maximum atomic E-state index is 11.6. The van der Waals surface area contributed by atoms with Crippen molar-refractivity contribution in [1.29, 1.82) is 0 Å². The van der Waals surface area contributed by atoms with Crippen LogP contribution in [0.4, 0.5) is 4.79 Å². The molecule has 0 saturated heterocycles. The third kappa shape index (κ3) is 2.25. The van der Waals surface area contributed by atoms with E-state index in [-0.39, 0.29) is 6.09 Å². The summed E-state index contributed by atoms with van der Waals surface area (Å²) in [6, 6.07) is 7.49. The van der Waals surface area contributed by atoms with Crippen molar-refractivity contribution >= 4 is 17.0 Å². The number of benzene rings is 1. The molecule has 4 nitrogen and oxygen atoms in total. The van der Waals surface area contributed by atoms with Crippen molar-refractivity contribution in [1.82, 2.24) is 4.57 Å². The van der Waals surface area contributed by atoms with Crippen LogP contribution in [0.25, 0.3) is 10.9 Å². The van der Waals surface area contributed by atoms with Crippen molar-refractivity contribution in [3.05, 3.63) is 30.5 Å². The monoisotopic (exact) mass is 233 g/mol. The van der Waals surface area contributed by atoms with Crippen LogP contribution in [0.3, 0.4) is 0 Å². The van der Waals surface area contributed by atoms with Crippen LogP contribution < -0.4 is 4.74 Å². The maximum Gasteiger partial charge on any atom is 0.418 e. The summed E-state index contributed by atoms with van der Waals surface area (Å²) in [7, 11) is 0. The fraction of sp³-hybridized carbons (Fsp3) is 0.308. The van der Waals surface area contributed by atoms with Crippen LogP contribution in [0.5, 0.6) is 5.75 Å². The highest BCUT2D eigenvalue weighted by molar-refractivity contribution is 5.90. The van der Waals surface area contributed by atoms with Crippen molar-refractivity contribution in [3.8, 4) is 5.75 Å². The molecule has 0 N–H and O–H groups in total. The van der Waals surface area contributed by atoms with E-state index in [4.69, 9.17) is 9.47 Å². The normalized spacial score (nSPS) is 10.5. The van der Waals surface area contributed by atoms with Crippen LogP contribution in [0.1, 0.15) is 13.8 Å². The van der Waals surface area contributed by atoms with Crippen LogP contribution in [0, 0.1) is 0 Å². The van der Waals surface area contributed by atoms with E-state index >= 15 is 0 Å². The van der Waals surface area contributed by atoms with Gasteiger partial charge in [0.15, 0.2) is 0 Å². The van der Waals surface area contributed by atoms with E-state index in [2.05, 4.69) is 0 Å². The molecule has 0 unspecified atom stereocenters. The number of hydrogen-bond donors (Lipinski definition) is 0. The van der Waals surface area contributed by atoms with Gasteiger partial charge in [0.2, 0.25) is 0 Å². The lowest BCUT2D eigenvalue weighted by Crippen LogP contribution is -2.11. The summed E-state index contributed by atoms with van der Waals surface area (Å²) < 4.78 is 11.9. The first-order valence-corrected chi connectivity index (χ1v) is 5.67. The van der Waals surface area contributed by atoms with Gasteiger partial charge in [-0.1, -0.05) is 0 Å². The molecule has 0 aliphatic rings. The van der Waals surface area contributed by atoms with Gasteiger partial charge in [-0.05, 0) is 38.1 Å². The second-order valence-electron chi connectivity index (χ2n) is 3.54. The van der Waals surface area contributed by atoms with Gasteiger partial charge >= 0.3 is 6.09 Å². The second-order valence-corrected chi connectivity index (χ2v) is 3.54. The van der Waals surface area contributed by atoms with Crippen molar-refractivity contribution < 1.29 is 14.3 Å². The minimum atomic E-state index is -0.355. The summed E-state index contributed by atoms with van der Waals surface area (Å²) in [5, 5.41) is 0.962. The molecule has 0 fully saturated rings. The summed E-state index contributed by atoms with van der Waals surface area (Å²) in [5.74, 6) is 0.807. The van der Waals surface area contributed by atoms with Gasteiger partial charge in [0, 0.05) is 11.6 Å². The van der Waals surface area contributed by atoms with Crippen LogP contribution in [0.2, 0.25) is 0 Å². The molecule has 0 bridgehead atoms. The van der Waals surface area contributed by atoms with Crippen LogP contribution in [-0.2, 0) is 4.74 Å². The zero-order chi connectivity index (χ0) is 12.3. The van der Waals surface area contributed by atoms with Gasteiger partial charge in [0.1, 0.15) is 5.75 Å². The lowest BCUT2D eigenvalue weighted by molar-refractivity contribution is 0.155. The lowest BCUT2D eigenvalue weighted by Gasteiger charge is -2.05. The Morgan fingerprint density at radius 3 is 2.76 bits per heavy atom. The molecule has 0 atom stereocenters. The number of ether oxygens (including phenoxy) is 2. The molecular weight excluding hydrogens is 218 g/mol. The molecule has 0 aliphatic heterocycles. The molecule has 2 aromatic rings. The van der Waals surface area contributed by atoms with E-state index in [9.17, 15) is 4.79 Å². The minimum absolute atomic E-state index is 0.355. The molecule has 1 aromatic carbocycles. The number of fused-ring (bicyclic) bond motifs is 1. The van der Waals surface area contributed by atoms with Crippen molar-refractivity contribution in [2.24, 2.45) is 0 Å². The third-order valence-electron chi connectivity index (χ3n) is 2.44. The molecule has 0 aliphatic carbocycles. The summed E-state index contributed by atoms with van der Waals surface area (Å²) in [6.45, 7) is 4.73. The van der Waals surface area contributed by atoms with Gasteiger partial charge in [-0.3, -0.25) is 4.57 Å². The number of carbonyl (C=O) groups is 1. The van der Waals surface area contributed by atoms with Crippen LogP contribution >= 0.6 is 0 Å². The smallest absolute Gasteiger partial charge is 0.418 e. The van der Waals surface area contributed by atoms with Gasteiger partial charge in [0.25, 0.3) is 0 Å². The first-order chi connectivity index (χ1) is 8.26. The van der Waals surface area contributed by atoms with Gasteiger partial charge < -0.3 is 9.47 Å². The fourth-order valence-electron chi connectivity index (χ4n) is 1.73. The zero-order valence-corrected chi connectivity index (χ0v) is 9.97. The first kappa shape index (κ1) is 11.5. The Labute approximate surface area is 99.7 Å². The Kier molecular flexibility index (Phi) is 3.32. The zero-order valence-electron chi connectivity index (χ0n) is 9.97. The molecule has 2 rings (SSSR count). The number of carbonyl (C=O) groups excluding carboxylic acids is 1. The molecule has 0 amide bonds. The molecule has 0 spiro atoms. The molecule has 17 heavy (non-hydrogen) atoms. The fourth-order valence-corrected chi connectivity index (χ4v) is 1.73. The van der Waals surface area contributed by atoms with E-state index in [1.165, 1.54) is 4.57 Å². The van der Waals surface area contributed by atoms with Crippen molar-refractivity contribution in [3.63, 3.8) is 0 Å².